The Morgan fingerprint density at radius 3 is 1.76 bits per heavy atom. The topological polar surface area (TPSA) is 82.9 Å². The van der Waals surface area contributed by atoms with Gasteiger partial charge in [0.05, 0.1) is 24.9 Å². The summed E-state index contributed by atoms with van der Waals surface area (Å²) < 4.78 is 24.7. The molecule has 1 aliphatic rings. The second-order valence-corrected chi connectivity index (χ2v) is 9.27. The third-order valence-corrected chi connectivity index (χ3v) is 6.59. The summed E-state index contributed by atoms with van der Waals surface area (Å²) in [6, 6.07) is 29.8. The third kappa shape index (κ3) is 6.09. The Labute approximate surface area is 223 Å². The van der Waals surface area contributed by atoms with Crippen LogP contribution in [-0.4, -0.2) is 33.4 Å². The van der Waals surface area contributed by atoms with Crippen molar-refractivity contribution in [2.75, 3.05) is 0 Å². The Hall–Kier alpha value is -3.62. The Kier molecular flexibility index (Phi) is 8.41. The van der Waals surface area contributed by atoms with Crippen LogP contribution in [0.4, 0.5) is 0 Å². The van der Waals surface area contributed by atoms with Crippen LogP contribution in [-0.2, 0) is 39.8 Å². The van der Waals surface area contributed by atoms with E-state index < -0.39 is 24.1 Å². The molecule has 0 aliphatic carbocycles. The van der Waals surface area contributed by atoms with Crippen molar-refractivity contribution in [1.82, 2.24) is 9.97 Å². The van der Waals surface area contributed by atoms with Crippen molar-refractivity contribution in [3.63, 3.8) is 0 Å². The molecule has 1 fully saturated rings. The zero-order chi connectivity index (χ0) is 26.2. The fraction of sp³-hybridized carbons (Fsp3) is 0.290. The van der Waals surface area contributed by atoms with Crippen LogP contribution >= 0.6 is 0 Å². The lowest BCUT2D eigenvalue weighted by Crippen LogP contribution is -2.44. The molecule has 1 unspecified atom stereocenters. The Morgan fingerprint density at radius 2 is 1.24 bits per heavy atom. The summed E-state index contributed by atoms with van der Waals surface area (Å²) in [4.78, 5) is 8.67. The second-order valence-electron chi connectivity index (χ2n) is 9.27. The Bertz CT molecular complexity index is 1260. The monoisotopic (exact) mass is 512 g/mol. The lowest BCUT2D eigenvalue weighted by atomic mass is 9.98. The van der Waals surface area contributed by atoms with E-state index in [2.05, 4.69) is 9.97 Å². The van der Waals surface area contributed by atoms with Gasteiger partial charge in [0, 0.05) is 12.4 Å². The molecule has 196 valence electrons. The molecule has 4 aromatic rings. The molecule has 3 aromatic carbocycles. The minimum atomic E-state index is -1.80. The number of benzene rings is 3. The summed E-state index contributed by atoms with van der Waals surface area (Å²) in [7, 11) is 0. The number of nitrogens with zero attached hydrogens (tertiary/aromatic N) is 2. The van der Waals surface area contributed by atoms with Crippen LogP contribution in [0.15, 0.2) is 103 Å². The largest absolute Gasteiger partial charge is 0.459 e. The molecular formula is C31H32N2O5. The molecule has 38 heavy (non-hydrogen) atoms. The molecule has 0 radical (unpaired) electrons. The van der Waals surface area contributed by atoms with Crippen LogP contribution in [0.5, 0.6) is 6.01 Å². The first-order valence-electron chi connectivity index (χ1n) is 12.9. The Balaban J connectivity index is 1.36. The van der Waals surface area contributed by atoms with Crippen molar-refractivity contribution in [1.29, 1.82) is 0 Å². The molecule has 1 aromatic heterocycles. The van der Waals surface area contributed by atoms with Gasteiger partial charge in [-0.2, -0.15) is 0 Å². The SMILES string of the molecule is CC[C@H]1O[C@@](O)(c2cnc(OCc3ccccc3)nc2)[C@@H](OCc2ccccc2)C1OCc1ccccc1. The predicted octanol–water partition coefficient (Wildman–Crippen LogP) is 5.18. The molecule has 0 amide bonds. The molecule has 0 bridgehead atoms. The normalized spacial score (nSPS) is 22.8. The van der Waals surface area contributed by atoms with Gasteiger partial charge in [-0.15, -0.1) is 0 Å². The van der Waals surface area contributed by atoms with Crippen molar-refractivity contribution in [2.45, 2.75) is 57.3 Å². The number of hydrogen-bond acceptors (Lipinski definition) is 7. The lowest BCUT2D eigenvalue weighted by molar-refractivity contribution is -0.250. The zero-order valence-corrected chi connectivity index (χ0v) is 21.4. The van der Waals surface area contributed by atoms with E-state index in [-0.39, 0.29) is 12.6 Å². The van der Waals surface area contributed by atoms with Crippen molar-refractivity contribution in [3.8, 4) is 6.01 Å². The highest BCUT2D eigenvalue weighted by atomic mass is 16.7. The van der Waals surface area contributed by atoms with E-state index in [0.717, 1.165) is 16.7 Å². The van der Waals surface area contributed by atoms with Gasteiger partial charge in [0.1, 0.15) is 18.8 Å². The molecule has 0 spiro atoms. The zero-order valence-electron chi connectivity index (χ0n) is 21.4. The minimum Gasteiger partial charge on any atom is -0.459 e. The lowest BCUT2D eigenvalue weighted by Gasteiger charge is -2.30. The van der Waals surface area contributed by atoms with Crippen molar-refractivity contribution in [2.24, 2.45) is 0 Å². The predicted molar refractivity (Wildman–Crippen MR) is 142 cm³/mol. The average molecular weight is 513 g/mol. The smallest absolute Gasteiger partial charge is 0.316 e. The highest BCUT2D eigenvalue weighted by molar-refractivity contribution is 5.21. The highest BCUT2D eigenvalue weighted by Gasteiger charge is 2.57. The van der Waals surface area contributed by atoms with E-state index in [0.29, 0.717) is 25.2 Å². The summed E-state index contributed by atoms with van der Waals surface area (Å²) in [6.45, 7) is 3.00. The quantitative estimate of drug-likeness (QED) is 0.296. The number of aliphatic hydroxyl groups is 1. The number of aromatic nitrogens is 2. The van der Waals surface area contributed by atoms with Gasteiger partial charge >= 0.3 is 6.01 Å². The van der Waals surface area contributed by atoms with Gasteiger partial charge in [0.2, 0.25) is 5.79 Å². The molecule has 1 saturated heterocycles. The molecule has 0 saturated carbocycles. The van der Waals surface area contributed by atoms with Crippen LogP contribution < -0.4 is 4.74 Å². The molecule has 1 N–H and O–H groups in total. The maximum atomic E-state index is 11.9. The standard InChI is InChI=1S/C31H32N2O5/c1-2-27-28(35-20-23-12-6-3-7-13-23)29(36-21-24-14-8-4-9-15-24)31(34,38-27)26-18-32-30(33-19-26)37-22-25-16-10-5-11-17-25/h3-19,27-29,34H,2,20-22H2,1H3/t27-,28?,29+,31+/m1/s1. The molecule has 4 atom stereocenters. The van der Waals surface area contributed by atoms with E-state index in [4.69, 9.17) is 18.9 Å². The van der Waals surface area contributed by atoms with Crippen LogP contribution in [0.25, 0.3) is 0 Å². The molecule has 7 heteroatoms. The highest BCUT2D eigenvalue weighted by Crippen LogP contribution is 2.42. The van der Waals surface area contributed by atoms with Gasteiger partial charge in [-0.05, 0) is 23.1 Å². The van der Waals surface area contributed by atoms with Gasteiger partial charge in [0.25, 0.3) is 0 Å². The third-order valence-electron chi connectivity index (χ3n) is 6.59. The number of rotatable bonds is 11. The summed E-state index contributed by atoms with van der Waals surface area (Å²) in [5.74, 6) is -1.80. The van der Waals surface area contributed by atoms with E-state index >= 15 is 0 Å². The molecule has 7 nitrogen and oxygen atoms in total. The van der Waals surface area contributed by atoms with Crippen molar-refractivity contribution in [3.05, 3.63) is 126 Å². The van der Waals surface area contributed by atoms with Crippen LogP contribution in [0.1, 0.15) is 35.6 Å². The van der Waals surface area contributed by atoms with Gasteiger partial charge in [0.15, 0.2) is 0 Å². The fourth-order valence-electron chi connectivity index (χ4n) is 4.56. The second kappa shape index (κ2) is 12.3. The minimum absolute atomic E-state index is 0.213. The van der Waals surface area contributed by atoms with Gasteiger partial charge in [-0.25, -0.2) is 9.97 Å². The number of ether oxygens (including phenoxy) is 4. The first kappa shape index (κ1) is 26.0. The molecule has 2 heterocycles. The van der Waals surface area contributed by atoms with Gasteiger partial charge < -0.3 is 24.1 Å². The molecule has 1 aliphatic heterocycles. The van der Waals surface area contributed by atoms with E-state index in [9.17, 15) is 5.11 Å². The number of hydrogen-bond donors (Lipinski definition) is 1. The Morgan fingerprint density at radius 1 is 0.737 bits per heavy atom. The van der Waals surface area contributed by atoms with E-state index in [1.165, 1.54) is 12.4 Å². The van der Waals surface area contributed by atoms with Gasteiger partial charge in [-0.1, -0.05) is 97.9 Å². The van der Waals surface area contributed by atoms with E-state index in [1.807, 2.05) is 97.9 Å². The summed E-state index contributed by atoms with van der Waals surface area (Å²) >= 11 is 0. The maximum Gasteiger partial charge on any atom is 0.316 e. The molecule has 5 rings (SSSR count). The van der Waals surface area contributed by atoms with Crippen LogP contribution in [0.3, 0.4) is 0 Å². The van der Waals surface area contributed by atoms with Crippen molar-refractivity contribution < 1.29 is 24.1 Å². The fourth-order valence-corrected chi connectivity index (χ4v) is 4.56. The first-order chi connectivity index (χ1) is 18.7. The van der Waals surface area contributed by atoms with Gasteiger partial charge in [-0.3, -0.25) is 0 Å². The first-order valence-corrected chi connectivity index (χ1v) is 12.9. The summed E-state index contributed by atoms with van der Waals surface area (Å²) in [5, 5.41) is 11.9. The van der Waals surface area contributed by atoms with Crippen LogP contribution in [0, 0.1) is 0 Å². The average Bonchev–Trinajstić information content (AvgIpc) is 3.27. The van der Waals surface area contributed by atoms with E-state index in [1.54, 1.807) is 0 Å². The summed E-state index contributed by atoms with van der Waals surface area (Å²) in [5.41, 5.74) is 3.41. The molecular weight excluding hydrogens is 480 g/mol. The van der Waals surface area contributed by atoms with Crippen molar-refractivity contribution >= 4 is 0 Å². The summed E-state index contributed by atoms with van der Waals surface area (Å²) in [6.07, 6.45) is 1.97. The maximum absolute atomic E-state index is 11.9. The van der Waals surface area contributed by atoms with Crippen LogP contribution in [0.2, 0.25) is 0 Å².